The molecule has 0 saturated carbocycles. The minimum Gasteiger partial charge on any atom is -0.457 e. The number of carbonyl (C=O) groups excluding carboxylic acids is 1. The first-order valence-corrected chi connectivity index (χ1v) is 6.71. The second kappa shape index (κ2) is 5.55. The molecule has 21 heavy (non-hydrogen) atoms. The van der Waals surface area contributed by atoms with Gasteiger partial charge in [-0.1, -0.05) is 18.2 Å². The molecule has 0 aliphatic carbocycles. The van der Waals surface area contributed by atoms with Crippen LogP contribution in [0.4, 0.5) is 5.69 Å². The van der Waals surface area contributed by atoms with E-state index >= 15 is 0 Å². The lowest BCUT2D eigenvalue weighted by molar-refractivity contribution is -0.117. The van der Waals surface area contributed by atoms with E-state index < -0.39 is 0 Å². The number of anilines is 1. The van der Waals surface area contributed by atoms with Crippen LogP contribution < -0.4 is 15.4 Å². The SMILES string of the molecule is CNC1C(=O)Nc2cc(Oc3cccc(CO)c3)ccc21. The number of fused-ring (bicyclic) bond motifs is 1. The van der Waals surface area contributed by atoms with Crippen molar-refractivity contribution in [3.63, 3.8) is 0 Å². The highest BCUT2D eigenvalue weighted by Crippen LogP contribution is 2.35. The number of hydrogen-bond acceptors (Lipinski definition) is 4. The number of amides is 1. The minimum atomic E-state index is -0.313. The molecule has 2 aromatic rings. The first-order valence-electron chi connectivity index (χ1n) is 6.71. The van der Waals surface area contributed by atoms with Gasteiger partial charge in [0.05, 0.1) is 6.61 Å². The maximum atomic E-state index is 11.8. The van der Waals surface area contributed by atoms with E-state index in [2.05, 4.69) is 10.6 Å². The van der Waals surface area contributed by atoms with Crippen LogP contribution in [-0.2, 0) is 11.4 Å². The molecule has 1 heterocycles. The summed E-state index contributed by atoms with van der Waals surface area (Å²) in [6.45, 7) is -0.0265. The second-order valence-corrected chi connectivity index (χ2v) is 4.87. The van der Waals surface area contributed by atoms with Crippen molar-refractivity contribution in [2.24, 2.45) is 0 Å². The number of likely N-dealkylation sites (N-methyl/N-ethyl adjacent to an activating group) is 1. The van der Waals surface area contributed by atoms with Crippen molar-refractivity contribution < 1.29 is 14.6 Å². The molecule has 0 bridgehead atoms. The average molecular weight is 284 g/mol. The highest BCUT2D eigenvalue weighted by Gasteiger charge is 2.29. The van der Waals surface area contributed by atoms with Gasteiger partial charge in [-0.3, -0.25) is 4.79 Å². The second-order valence-electron chi connectivity index (χ2n) is 4.87. The Bertz CT molecular complexity index is 685. The third-order valence-electron chi connectivity index (χ3n) is 3.46. The van der Waals surface area contributed by atoms with E-state index in [4.69, 9.17) is 9.84 Å². The van der Waals surface area contributed by atoms with Crippen LogP contribution in [0.5, 0.6) is 11.5 Å². The quantitative estimate of drug-likeness (QED) is 0.805. The molecule has 2 aromatic carbocycles. The smallest absolute Gasteiger partial charge is 0.246 e. The van der Waals surface area contributed by atoms with Gasteiger partial charge in [-0.2, -0.15) is 0 Å². The van der Waals surface area contributed by atoms with E-state index in [-0.39, 0.29) is 18.6 Å². The normalized spacial score (nSPS) is 16.5. The summed E-state index contributed by atoms with van der Waals surface area (Å²) in [6, 6.07) is 12.4. The number of carbonyl (C=O) groups is 1. The van der Waals surface area contributed by atoms with E-state index in [1.807, 2.05) is 30.3 Å². The van der Waals surface area contributed by atoms with E-state index in [0.717, 1.165) is 16.8 Å². The number of aliphatic hydroxyl groups is 1. The molecule has 5 heteroatoms. The molecule has 3 rings (SSSR count). The average Bonchev–Trinajstić information content (AvgIpc) is 2.81. The summed E-state index contributed by atoms with van der Waals surface area (Å²) >= 11 is 0. The molecule has 0 saturated heterocycles. The van der Waals surface area contributed by atoms with Crippen LogP contribution in [0.25, 0.3) is 0 Å². The number of rotatable bonds is 4. The highest BCUT2D eigenvalue weighted by molar-refractivity contribution is 6.02. The molecule has 1 unspecified atom stereocenters. The summed E-state index contributed by atoms with van der Waals surface area (Å²) < 4.78 is 5.77. The Kier molecular flexibility index (Phi) is 3.60. The molecule has 0 aromatic heterocycles. The maximum absolute atomic E-state index is 11.8. The Hall–Kier alpha value is -2.37. The number of hydrogen-bond donors (Lipinski definition) is 3. The largest absolute Gasteiger partial charge is 0.457 e. The lowest BCUT2D eigenvalue weighted by Crippen LogP contribution is -2.23. The predicted molar refractivity (Wildman–Crippen MR) is 79.3 cm³/mol. The van der Waals surface area contributed by atoms with E-state index in [9.17, 15) is 4.79 Å². The van der Waals surface area contributed by atoms with E-state index in [0.29, 0.717) is 11.5 Å². The van der Waals surface area contributed by atoms with Gasteiger partial charge in [0.25, 0.3) is 0 Å². The number of nitrogens with one attached hydrogen (secondary N) is 2. The molecule has 5 nitrogen and oxygen atoms in total. The maximum Gasteiger partial charge on any atom is 0.246 e. The first-order chi connectivity index (χ1) is 10.2. The van der Waals surface area contributed by atoms with Crippen molar-refractivity contribution in [3.8, 4) is 11.5 Å². The molecule has 108 valence electrons. The molecular formula is C16H16N2O3. The number of aliphatic hydroxyl groups excluding tert-OH is 1. The summed E-state index contributed by atoms with van der Waals surface area (Å²) in [5.41, 5.74) is 2.46. The van der Waals surface area contributed by atoms with Crippen molar-refractivity contribution >= 4 is 11.6 Å². The van der Waals surface area contributed by atoms with E-state index in [1.165, 1.54) is 0 Å². The van der Waals surface area contributed by atoms with Crippen molar-refractivity contribution in [1.82, 2.24) is 5.32 Å². The van der Waals surface area contributed by atoms with Gasteiger partial charge in [-0.05, 0) is 30.8 Å². The third kappa shape index (κ3) is 2.61. The zero-order valence-electron chi connectivity index (χ0n) is 11.6. The van der Waals surface area contributed by atoms with Gasteiger partial charge >= 0.3 is 0 Å². The molecule has 3 N–H and O–H groups in total. The summed E-state index contributed by atoms with van der Waals surface area (Å²) in [7, 11) is 1.75. The lowest BCUT2D eigenvalue weighted by Gasteiger charge is -2.09. The molecule has 0 spiro atoms. The Morgan fingerprint density at radius 2 is 2.05 bits per heavy atom. The van der Waals surface area contributed by atoms with Crippen molar-refractivity contribution in [2.45, 2.75) is 12.6 Å². The van der Waals surface area contributed by atoms with Crippen molar-refractivity contribution in [1.29, 1.82) is 0 Å². The van der Waals surface area contributed by atoms with Crippen LogP contribution >= 0.6 is 0 Å². The van der Waals surface area contributed by atoms with Crippen LogP contribution in [0.1, 0.15) is 17.2 Å². The van der Waals surface area contributed by atoms with Crippen LogP contribution in [0.2, 0.25) is 0 Å². The molecule has 1 aliphatic rings. The van der Waals surface area contributed by atoms with Gasteiger partial charge in [0.2, 0.25) is 5.91 Å². The molecule has 0 radical (unpaired) electrons. The lowest BCUT2D eigenvalue weighted by atomic mass is 10.1. The minimum absolute atomic E-state index is 0.0265. The molecule has 1 atom stereocenters. The van der Waals surface area contributed by atoms with Gasteiger partial charge in [0.1, 0.15) is 17.5 Å². The predicted octanol–water partition coefficient (Wildman–Crippen LogP) is 2.18. The Balaban J connectivity index is 1.85. The highest BCUT2D eigenvalue weighted by atomic mass is 16.5. The number of ether oxygens (including phenoxy) is 1. The van der Waals surface area contributed by atoms with Gasteiger partial charge in [-0.15, -0.1) is 0 Å². The fraction of sp³-hybridized carbons (Fsp3) is 0.188. The monoisotopic (exact) mass is 284 g/mol. The van der Waals surface area contributed by atoms with Crippen LogP contribution in [-0.4, -0.2) is 18.1 Å². The van der Waals surface area contributed by atoms with E-state index in [1.54, 1.807) is 19.2 Å². The van der Waals surface area contributed by atoms with Crippen molar-refractivity contribution in [2.75, 3.05) is 12.4 Å². The van der Waals surface area contributed by atoms with Gasteiger partial charge in [-0.25, -0.2) is 0 Å². The summed E-state index contributed by atoms with van der Waals surface area (Å²) in [5, 5.41) is 14.9. The van der Waals surface area contributed by atoms with Gasteiger partial charge in [0.15, 0.2) is 0 Å². The summed E-state index contributed by atoms with van der Waals surface area (Å²) in [5.74, 6) is 1.23. The summed E-state index contributed by atoms with van der Waals surface area (Å²) in [6.07, 6.45) is 0. The molecule has 1 amide bonds. The molecule has 0 fully saturated rings. The fourth-order valence-electron chi connectivity index (χ4n) is 2.44. The molecule has 1 aliphatic heterocycles. The Morgan fingerprint density at radius 1 is 1.24 bits per heavy atom. The standard InChI is InChI=1S/C16H16N2O3/c1-17-15-13-6-5-12(8-14(13)18-16(15)20)21-11-4-2-3-10(7-11)9-19/h2-8,15,17,19H,9H2,1H3,(H,18,20). The Morgan fingerprint density at radius 3 is 2.81 bits per heavy atom. The number of benzene rings is 2. The van der Waals surface area contributed by atoms with Crippen molar-refractivity contribution in [3.05, 3.63) is 53.6 Å². The zero-order chi connectivity index (χ0) is 14.8. The van der Waals surface area contributed by atoms with Gasteiger partial charge in [0, 0.05) is 17.3 Å². The van der Waals surface area contributed by atoms with Gasteiger partial charge < -0.3 is 20.5 Å². The zero-order valence-corrected chi connectivity index (χ0v) is 11.6. The molecular weight excluding hydrogens is 268 g/mol. The van der Waals surface area contributed by atoms with Crippen LogP contribution in [0.3, 0.4) is 0 Å². The first kappa shape index (κ1) is 13.6. The Labute approximate surface area is 122 Å². The fourth-order valence-corrected chi connectivity index (χ4v) is 2.44. The van der Waals surface area contributed by atoms with Crippen LogP contribution in [0, 0.1) is 0 Å². The summed E-state index contributed by atoms with van der Waals surface area (Å²) in [4.78, 5) is 11.8. The van der Waals surface area contributed by atoms with Crippen LogP contribution in [0.15, 0.2) is 42.5 Å². The topological polar surface area (TPSA) is 70.6 Å². The third-order valence-corrected chi connectivity index (χ3v) is 3.46.